The first kappa shape index (κ1) is 17.8. The van der Waals surface area contributed by atoms with Crippen molar-refractivity contribution in [3.05, 3.63) is 22.4 Å². The molecular formula is C17H26N2O3S. The molecule has 1 aliphatic heterocycles. The first-order valence-corrected chi connectivity index (χ1v) is 8.95. The van der Waals surface area contributed by atoms with Crippen LogP contribution < -0.4 is 0 Å². The van der Waals surface area contributed by atoms with Crippen LogP contribution >= 0.6 is 11.3 Å². The van der Waals surface area contributed by atoms with E-state index in [1.165, 1.54) is 0 Å². The molecule has 1 aromatic heterocycles. The highest BCUT2D eigenvalue weighted by Crippen LogP contribution is 2.19. The van der Waals surface area contributed by atoms with Crippen molar-refractivity contribution >= 4 is 23.3 Å². The average molecular weight is 338 g/mol. The molecule has 5 nitrogen and oxygen atoms in total. The van der Waals surface area contributed by atoms with Crippen molar-refractivity contribution in [3.63, 3.8) is 0 Å². The fourth-order valence-electron chi connectivity index (χ4n) is 2.66. The molecule has 1 saturated heterocycles. The number of nitrogens with zero attached hydrogens (tertiary/aromatic N) is 2. The van der Waals surface area contributed by atoms with Gasteiger partial charge in [-0.2, -0.15) is 11.3 Å². The molecule has 0 radical (unpaired) electrons. The predicted octanol–water partition coefficient (Wildman–Crippen LogP) is 3.15. The maximum atomic E-state index is 12.4. The number of rotatable bonds is 3. The summed E-state index contributed by atoms with van der Waals surface area (Å²) in [5, 5.41) is 3.99. The van der Waals surface area contributed by atoms with Crippen molar-refractivity contribution in [2.75, 3.05) is 20.1 Å². The number of ether oxygens (including phenoxy) is 1. The molecule has 1 unspecified atom stereocenters. The summed E-state index contributed by atoms with van der Waals surface area (Å²) in [6.07, 6.45) is 1.92. The van der Waals surface area contributed by atoms with Crippen molar-refractivity contribution in [1.82, 2.24) is 9.80 Å². The summed E-state index contributed by atoms with van der Waals surface area (Å²) in [4.78, 5) is 28.1. The molecule has 0 spiro atoms. The minimum atomic E-state index is -0.505. The summed E-state index contributed by atoms with van der Waals surface area (Å²) >= 11 is 1.60. The molecule has 2 rings (SSSR count). The average Bonchev–Trinajstić information content (AvgIpc) is 2.97. The maximum Gasteiger partial charge on any atom is 0.410 e. The summed E-state index contributed by atoms with van der Waals surface area (Å²) in [7, 11) is 1.76. The van der Waals surface area contributed by atoms with Gasteiger partial charge in [0.1, 0.15) is 5.60 Å². The highest BCUT2D eigenvalue weighted by molar-refractivity contribution is 7.07. The molecule has 128 valence electrons. The lowest BCUT2D eigenvalue weighted by molar-refractivity contribution is -0.132. The Hall–Kier alpha value is -1.56. The maximum absolute atomic E-state index is 12.4. The number of hydrogen-bond acceptors (Lipinski definition) is 4. The number of amides is 2. The fraction of sp³-hybridized carbons (Fsp3) is 0.647. The van der Waals surface area contributed by atoms with Gasteiger partial charge in [-0.15, -0.1) is 0 Å². The van der Waals surface area contributed by atoms with Crippen LogP contribution in [0, 0.1) is 0 Å². The molecule has 2 heterocycles. The highest BCUT2D eigenvalue weighted by atomic mass is 32.1. The molecule has 0 aliphatic carbocycles. The van der Waals surface area contributed by atoms with Gasteiger partial charge in [-0.25, -0.2) is 4.79 Å². The standard InChI is InChI=1S/C17H26N2O3S/c1-17(2,3)22-16(21)18(4)14-6-5-8-19(11-14)15(20)10-13-7-9-23-12-13/h7,9,12,14H,5-6,8,10-11H2,1-4H3. The molecule has 2 amide bonds. The van der Waals surface area contributed by atoms with Gasteiger partial charge in [-0.3, -0.25) is 4.79 Å². The van der Waals surface area contributed by atoms with E-state index in [1.807, 2.05) is 42.5 Å². The van der Waals surface area contributed by atoms with Crippen LogP contribution in [0.4, 0.5) is 4.79 Å². The van der Waals surface area contributed by atoms with Crippen LogP contribution in [-0.4, -0.2) is 53.6 Å². The molecule has 1 fully saturated rings. The minimum absolute atomic E-state index is 0.0185. The lowest BCUT2D eigenvalue weighted by Gasteiger charge is -2.38. The lowest BCUT2D eigenvalue weighted by atomic mass is 10.0. The van der Waals surface area contributed by atoms with Gasteiger partial charge in [0, 0.05) is 20.1 Å². The molecular weight excluding hydrogens is 312 g/mol. The molecule has 0 aromatic carbocycles. The third kappa shape index (κ3) is 5.23. The van der Waals surface area contributed by atoms with Gasteiger partial charge in [-0.1, -0.05) is 0 Å². The van der Waals surface area contributed by atoms with Crippen LogP contribution in [0.2, 0.25) is 0 Å². The van der Waals surface area contributed by atoms with E-state index in [9.17, 15) is 9.59 Å². The fourth-order valence-corrected chi connectivity index (χ4v) is 3.33. The van der Waals surface area contributed by atoms with Gasteiger partial charge in [0.2, 0.25) is 5.91 Å². The number of thiophene rings is 1. The van der Waals surface area contributed by atoms with Gasteiger partial charge < -0.3 is 14.5 Å². The zero-order chi connectivity index (χ0) is 17.0. The summed E-state index contributed by atoms with van der Waals surface area (Å²) in [6, 6.07) is 2.00. The van der Waals surface area contributed by atoms with Gasteiger partial charge in [-0.05, 0) is 56.0 Å². The quantitative estimate of drug-likeness (QED) is 0.851. The van der Waals surface area contributed by atoms with Gasteiger partial charge in [0.05, 0.1) is 12.5 Å². The minimum Gasteiger partial charge on any atom is -0.444 e. The van der Waals surface area contributed by atoms with Crippen molar-refractivity contribution in [2.45, 2.75) is 51.7 Å². The van der Waals surface area contributed by atoms with Crippen molar-refractivity contribution in [2.24, 2.45) is 0 Å². The molecule has 1 aromatic rings. The Bertz CT molecular complexity index is 537. The first-order valence-electron chi connectivity index (χ1n) is 8.01. The van der Waals surface area contributed by atoms with Crippen LogP contribution in [0.25, 0.3) is 0 Å². The van der Waals surface area contributed by atoms with Crippen LogP contribution in [0.3, 0.4) is 0 Å². The van der Waals surface area contributed by atoms with Crippen LogP contribution in [0.5, 0.6) is 0 Å². The molecule has 0 saturated carbocycles. The van der Waals surface area contributed by atoms with Crippen LogP contribution in [-0.2, 0) is 16.0 Å². The second-order valence-electron chi connectivity index (χ2n) is 7.04. The summed E-state index contributed by atoms with van der Waals surface area (Å²) in [6.45, 7) is 6.92. The van der Waals surface area contributed by atoms with E-state index in [2.05, 4.69) is 0 Å². The Labute approximate surface area is 142 Å². The number of hydrogen-bond donors (Lipinski definition) is 0. The number of piperidine rings is 1. The van der Waals surface area contributed by atoms with Gasteiger partial charge >= 0.3 is 6.09 Å². The third-order valence-electron chi connectivity index (χ3n) is 3.91. The molecule has 6 heteroatoms. The van der Waals surface area contributed by atoms with E-state index in [4.69, 9.17) is 4.74 Å². The zero-order valence-corrected chi connectivity index (χ0v) is 15.2. The molecule has 1 atom stereocenters. The van der Waals surface area contributed by atoms with E-state index in [-0.39, 0.29) is 18.0 Å². The second kappa shape index (κ2) is 7.34. The number of likely N-dealkylation sites (tertiary alicyclic amines) is 1. The largest absolute Gasteiger partial charge is 0.444 e. The second-order valence-corrected chi connectivity index (χ2v) is 7.82. The molecule has 0 N–H and O–H groups in total. The van der Waals surface area contributed by atoms with Crippen LogP contribution in [0.1, 0.15) is 39.2 Å². The summed E-state index contributed by atoms with van der Waals surface area (Å²) in [5.41, 5.74) is 0.552. The van der Waals surface area contributed by atoms with E-state index >= 15 is 0 Å². The van der Waals surface area contributed by atoms with Gasteiger partial charge in [0.15, 0.2) is 0 Å². The number of carbonyl (C=O) groups is 2. The van der Waals surface area contributed by atoms with Crippen molar-refractivity contribution < 1.29 is 14.3 Å². The van der Waals surface area contributed by atoms with E-state index in [0.717, 1.165) is 24.9 Å². The lowest BCUT2D eigenvalue weighted by Crippen LogP contribution is -2.51. The Balaban J connectivity index is 1.92. The smallest absolute Gasteiger partial charge is 0.410 e. The van der Waals surface area contributed by atoms with Crippen LogP contribution in [0.15, 0.2) is 16.8 Å². The number of carbonyl (C=O) groups excluding carboxylic acids is 2. The van der Waals surface area contributed by atoms with Crippen molar-refractivity contribution in [3.8, 4) is 0 Å². The Kier molecular flexibility index (Phi) is 5.68. The highest BCUT2D eigenvalue weighted by Gasteiger charge is 2.30. The Morgan fingerprint density at radius 2 is 2.17 bits per heavy atom. The predicted molar refractivity (Wildman–Crippen MR) is 91.6 cm³/mol. The Morgan fingerprint density at radius 3 is 2.78 bits per heavy atom. The summed E-state index contributed by atoms with van der Waals surface area (Å²) < 4.78 is 5.42. The van der Waals surface area contributed by atoms with Crippen molar-refractivity contribution in [1.29, 1.82) is 0 Å². The molecule has 1 aliphatic rings. The monoisotopic (exact) mass is 338 g/mol. The zero-order valence-electron chi connectivity index (χ0n) is 14.4. The Morgan fingerprint density at radius 1 is 1.43 bits per heavy atom. The first-order chi connectivity index (χ1) is 10.8. The third-order valence-corrected chi connectivity index (χ3v) is 4.65. The van der Waals surface area contributed by atoms with E-state index in [1.54, 1.807) is 23.3 Å². The molecule has 0 bridgehead atoms. The van der Waals surface area contributed by atoms with Gasteiger partial charge in [0.25, 0.3) is 0 Å². The molecule has 23 heavy (non-hydrogen) atoms. The topological polar surface area (TPSA) is 49.9 Å². The summed E-state index contributed by atoms with van der Waals surface area (Å²) in [5.74, 6) is 0.130. The van der Waals surface area contributed by atoms with E-state index < -0.39 is 5.60 Å². The number of likely N-dealkylation sites (N-methyl/N-ethyl adjacent to an activating group) is 1. The normalized spacial score (nSPS) is 18.6. The SMILES string of the molecule is CN(C(=O)OC(C)(C)C)C1CCCN(C(=O)Cc2ccsc2)C1. The van der Waals surface area contributed by atoms with E-state index in [0.29, 0.717) is 13.0 Å².